The van der Waals surface area contributed by atoms with Crippen LogP contribution in [0.5, 0.6) is 0 Å². The van der Waals surface area contributed by atoms with Crippen molar-refractivity contribution >= 4 is 17.9 Å². The summed E-state index contributed by atoms with van der Waals surface area (Å²) >= 11 is 0. The van der Waals surface area contributed by atoms with Crippen LogP contribution in [0.2, 0.25) is 0 Å². The van der Waals surface area contributed by atoms with E-state index in [-0.39, 0.29) is 31.1 Å². The summed E-state index contributed by atoms with van der Waals surface area (Å²) in [6.45, 7) is 11.4. The molecular weight excluding hydrogens is 769 g/mol. The van der Waals surface area contributed by atoms with Crippen LogP contribution in [0.1, 0.15) is 311 Å². The van der Waals surface area contributed by atoms with Gasteiger partial charge in [-0.2, -0.15) is 0 Å². The molecule has 0 heterocycles. The normalized spacial score (nSPS) is 12.0. The molecule has 6 heteroatoms. The van der Waals surface area contributed by atoms with E-state index in [1.807, 2.05) is 0 Å². The molecule has 0 saturated carbocycles. The highest BCUT2D eigenvalue weighted by Crippen LogP contribution is 2.18. The summed E-state index contributed by atoms with van der Waals surface area (Å²) in [5.74, 6) is 0.844. The summed E-state index contributed by atoms with van der Waals surface area (Å²) in [4.78, 5) is 38.0. The number of rotatable bonds is 50. The maximum Gasteiger partial charge on any atom is 0.306 e. The van der Waals surface area contributed by atoms with E-state index in [0.717, 1.165) is 69.6 Å². The van der Waals surface area contributed by atoms with Gasteiger partial charge >= 0.3 is 17.9 Å². The van der Waals surface area contributed by atoms with Crippen molar-refractivity contribution in [2.45, 2.75) is 317 Å². The van der Waals surface area contributed by atoms with E-state index < -0.39 is 6.10 Å². The van der Waals surface area contributed by atoms with E-state index >= 15 is 0 Å². The Hall–Kier alpha value is -1.59. The lowest BCUT2D eigenvalue weighted by atomic mass is 10.0. The molecule has 6 nitrogen and oxygen atoms in total. The Balaban J connectivity index is 4.25. The molecular formula is C56H108O6. The van der Waals surface area contributed by atoms with Gasteiger partial charge in [0.15, 0.2) is 6.10 Å². The summed E-state index contributed by atoms with van der Waals surface area (Å²) in [6, 6.07) is 0. The predicted molar refractivity (Wildman–Crippen MR) is 266 cm³/mol. The highest BCUT2D eigenvalue weighted by atomic mass is 16.6. The minimum absolute atomic E-state index is 0.0630. The van der Waals surface area contributed by atoms with E-state index in [1.165, 1.54) is 199 Å². The fraction of sp³-hybridized carbons (Fsp3) is 0.946. The van der Waals surface area contributed by atoms with Gasteiger partial charge in [-0.05, 0) is 31.1 Å². The summed E-state index contributed by atoms with van der Waals surface area (Å²) in [5, 5.41) is 0. The fourth-order valence-electron chi connectivity index (χ4n) is 8.52. The molecule has 0 aromatic heterocycles. The lowest BCUT2D eigenvalue weighted by molar-refractivity contribution is -0.167. The average molecular weight is 877 g/mol. The van der Waals surface area contributed by atoms with Gasteiger partial charge < -0.3 is 14.2 Å². The number of unbranched alkanes of at least 4 members (excludes halogenated alkanes) is 35. The average Bonchev–Trinajstić information content (AvgIpc) is 3.24. The molecule has 0 aliphatic rings. The Labute approximate surface area is 387 Å². The van der Waals surface area contributed by atoms with Crippen molar-refractivity contribution in [2.24, 2.45) is 11.8 Å². The third-order valence-electron chi connectivity index (χ3n) is 12.7. The van der Waals surface area contributed by atoms with Gasteiger partial charge in [0.25, 0.3) is 0 Å². The number of esters is 3. The first-order valence-electron chi connectivity index (χ1n) is 27.7. The quantitative estimate of drug-likeness (QED) is 0.0344. The van der Waals surface area contributed by atoms with Crippen LogP contribution in [0.25, 0.3) is 0 Å². The molecule has 368 valence electrons. The third kappa shape index (κ3) is 49.4. The SMILES string of the molecule is CCCCCCCCCCCCC(=O)OC[C@@H](COC(=O)CCCCCCCCCCCCCCCCCC(C)C)OC(=O)CCCCCCCCCCCCCCCC(C)C. The molecule has 0 aromatic carbocycles. The van der Waals surface area contributed by atoms with Crippen molar-refractivity contribution in [3.63, 3.8) is 0 Å². The first-order valence-corrected chi connectivity index (χ1v) is 27.7. The number of carbonyl (C=O) groups is 3. The van der Waals surface area contributed by atoms with Crippen molar-refractivity contribution in [2.75, 3.05) is 13.2 Å². The molecule has 0 aliphatic carbocycles. The minimum Gasteiger partial charge on any atom is -0.462 e. The molecule has 0 bridgehead atoms. The molecule has 0 unspecified atom stereocenters. The highest BCUT2D eigenvalue weighted by Gasteiger charge is 2.19. The number of carbonyl (C=O) groups excluding carboxylic acids is 3. The van der Waals surface area contributed by atoms with Gasteiger partial charge in [0.05, 0.1) is 0 Å². The van der Waals surface area contributed by atoms with Crippen LogP contribution in [-0.4, -0.2) is 37.2 Å². The van der Waals surface area contributed by atoms with Crippen LogP contribution in [-0.2, 0) is 28.6 Å². The summed E-state index contributed by atoms with van der Waals surface area (Å²) in [5.41, 5.74) is 0. The molecule has 0 aromatic rings. The Morgan fingerprint density at radius 3 is 0.790 bits per heavy atom. The van der Waals surface area contributed by atoms with Crippen molar-refractivity contribution < 1.29 is 28.6 Å². The molecule has 0 rings (SSSR count). The monoisotopic (exact) mass is 877 g/mol. The lowest BCUT2D eigenvalue weighted by Crippen LogP contribution is -2.30. The predicted octanol–water partition coefficient (Wildman–Crippen LogP) is 18.1. The molecule has 0 spiro atoms. The van der Waals surface area contributed by atoms with Crippen LogP contribution >= 0.6 is 0 Å². The third-order valence-corrected chi connectivity index (χ3v) is 12.7. The van der Waals surface area contributed by atoms with Crippen molar-refractivity contribution in [1.82, 2.24) is 0 Å². The van der Waals surface area contributed by atoms with Crippen LogP contribution in [0.3, 0.4) is 0 Å². The second kappa shape index (κ2) is 48.9. The van der Waals surface area contributed by atoms with Crippen molar-refractivity contribution in [1.29, 1.82) is 0 Å². The molecule has 62 heavy (non-hydrogen) atoms. The zero-order valence-electron chi connectivity index (χ0n) is 42.5. The standard InChI is InChI=1S/C56H108O6/c1-6-7-8-9-10-11-26-31-36-41-46-54(57)60-49-53(62-56(59)48-43-38-33-28-23-19-15-17-21-25-30-35-40-45-52(4)5)50-61-55(58)47-42-37-32-27-22-18-14-12-13-16-20-24-29-34-39-44-51(2)3/h51-53H,6-50H2,1-5H3/t53-/m0/s1. The Kier molecular flexibility index (Phi) is 47.6. The molecule has 0 amide bonds. The first kappa shape index (κ1) is 60.4. The molecule has 0 saturated heterocycles. The summed E-state index contributed by atoms with van der Waals surface area (Å²) in [6.07, 6.45) is 50.9. The second-order valence-corrected chi connectivity index (χ2v) is 20.2. The van der Waals surface area contributed by atoms with Crippen LogP contribution in [0.4, 0.5) is 0 Å². The van der Waals surface area contributed by atoms with Crippen molar-refractivity contribution in [3.05, 3.63) is 0 Å². The molecule has 0 aliphatic heterocycles. The van der Waals surface area contributed by atoms with Crippen molar-refractivity contribution in [3.8, 4) is 0 Å². The smallest absolute Gasteiger partial charge is 0.306 e. The van der Waals surface area contributed by atoms with Gasteiger partial charge in [0, 0.05) is 19.3 Å². The molecule has 0 radical (unpaired) electrons. The van der Waals surface area contributed by atoms with E-state index in [4.69, 9.17) is 14.2 Å². The highest BCUT2D eigenvalue weighted by molar-refractivity contribution is 5.71. The summed E-state index contributed by atoms with van der Waals surface area (Å²) < 4.78 is 16.8. The van der Waals surface area contributed by atoms with E-state index in [2.05, 4.69) is 34.6 Å². The molecule has 0 fully saturated rings. The van der Waals surface area contributed by atoms with Gasteiger partial charge in [-0.3, -0.25) is 14.4 Å². The molecule has 1 atom stereocenters. The Morgan fingerprint density at radius 1 is 0.306 bits per heavy atom. The Morgan fingerprint density at radius 2 is 0.532 bits per heavy atom. The van der Waals surface area contributed by atoms with Crippen LogP contribution in [0.15, 0.2) is 0 Å². The lowest BCUT2D eigenvalue weighted by Gasteiger charge is -2.18. The van der Waals surface area contributed by atoms with Gasteiger partial charge in [0.1, 0.15) is 13.2 Å². The van der Waals surface area contributed by atoms with Gasteiger partial charge in [-0.25, -0.2) is 0 Å². The maximum atomic E-state index is 12.8. The van der Waals surface area contributed by atoms with E-state index in [9.17, 15) is 14.4 Å². The van der Waals surface area contributed by atoms with E-state index in [1.54, 1.807) is 0 Å². The largest absolute Gasteiger partial charge is 0.462 e. The van der Waals surface area contributed by atoms with Crippen LogP contribution in [0, 0.1) is 11.8 Å². The van der Waals surface area contributed by atoms with Gasteiger partial charge in [-0.15, -0.1) is 0 Å². The number of ether oxygens (including phenoxy) is 3. The summed E-state index contributed by atoms with van der Waals surface area (Å²) in [7, 11) is 0. The van der Waals surface area contributed by atoms with E-state index in [0.29, 0.717) is 19.3 Å². The second-order valence-electron chi connectivity index (χ2n) is 20.2. The molecule has 0 N–H and O–H groups in total. The number of hydrogen-bond acceptors (Lipinski definition) is 6. The zero-order chi connectivity index (χ0) is 45.4. The maximum absolute atomic E-state index is 12.8. The minimum atomic E-state index is -0.761. The van der Waals surface area contributed by atoms with Gasteiger partial charge in [-0.1, -0.05) is 272 Å². The van der Waals surface area contributed by atoms with Gasteiger partial charge in [0.2, 0.25) is 0 Å². The topological polar surface area (TPSA) is 78.9 Å². The zero-order valence-corrected chi connectivity index (χ0v) is 42.5. The fourth-order valence-corrected chi connectivity index (χ4v) is 8.52. The van der Waals surface area contributed by atoms with Crippen LogP contribution < -0.4 is 0 Å². The first-order chi connectivity index (χ1) is 30.2. The number of hydrogen-bond donors (Lipinski definition) is 0. The Bertz CT molecular complexity index is 947.